The van der Waals surface area contributed by atoms with Crippen LogP contribution in [0.2, 0.25) is 0 Å². The van der Waals surface area contributed by atoms with E-state index in [2.05, 4.69) is 0 Å². The summed E-state index contributed by atoms with van der Waals surface area (Å²) in [7, 11) is 0. The summed E-state index contributed by atoms with van der Waals surface area (Å²) in [5.74, 6) is -1.13. The second-order valence-electron chi connectivity index (χ2n) is 14.7. The van der Waals surface area contributed by atoms with E-state index in [0.717, 1.165) is 0 Å². The van der Waals surface area contributed by atoms with Crippen LogP contribution in [0, 0.1) is 11.8 Å². The molecule has 2 saturated heterocycles. The molecule has 0 aliphatic carbocycles. The van der Waals surface area contributed by atoms with E-state index in [1.807, 2.05) is 13.8 Å². The number of hydrogen-bond acceptors (Lipinski definition) is 10. The molecule has 14 heteroatoms. The van der Waals surface area contributed by atoms with Gasteiger partial charge in [0, 0.05) is 51.0 Å². The van der Waals surface area contributed by atoms with Crippen molar-refractivity contribution < 1.29 is 57.4 Å². The van der Waals surface area contributed by atoms with Crippen molar-refractivity contribution in [2.45, 2.75) is 134 Å². The van der Waals surface area contributed by atoms with Gasteiger partial charge in [0.25, 0.3) is 0 Å². The van der Waals surface area contributed by atoms with Gasteiger partial charge in [0.2, 0.25) is 0 Å². The van der Waals surface area contributed by atoms with Crippen LogP contribution in [0.5, 0.6) is 0 Å². The normalized spacial score (nSPS) is 33.2. The van der Waals surface area contributed by atoms with Crippen LogP contribution < -0.4 is 0 Å². The Morgan fingerprint density at radius 3 is 2.50 bits per heavy atom. The summed E-state index contributed by atoms with van der Waals surface area (Å²) >= 11 is 0. The Labute approximate surface area is 293 Å². The highest BCUT2D eigenvalue weighted by Gasteiger charge is 2.47. The van der Waals surface area contributed by atoms with Crippen LogP contribution in [0.15, 0.2) is 36.0 Å². The van der Waals surface area contributed by atoms with Crippen molar-refractivity contribution in [2.24, 2.45) is 11.8 Å². The molecular formula is C36H57F3N2O9. The molecule has 2 fully saturated rings. The van der Waals surface area contributed by atoms with Crippen molar-refractivity contribution in [2.75, 3.05) is 32.7 Å². The van der Waals surface area contributed by atoms with Gasteiger partial charge in [-0.25, -0.2) is 4.79 Å². The third kappa shape index (κ3) is 13.2. The van der Waals surface area contributed by atoms with Gasteiger partial charge in [0.05, 0.1) is 42.9 Å². The van der Waals surface area contributed by atoms with E-state index in [1.165, 1.54) is 17.9 Å². The highest BCUT2D eigenvalue weighted by molar-refractivity contribution is 5.70. The van der Waals surface area contributed by atoms with E-state index in [4.69, 9.17) is 14.2 Å². The molecule has 0 saturated carbocycles. The van der Waals surface area contributed by atoms with Gasteiger partial charge >= 0.3 is 18.2 Å². The Hall–Kier alpha value is -2.49. The third-order valence-corrected chi connectivity index (χ3v) is 9.94. The first kappa shape index (κ1) is 41.9. The number of allylic oxidation sites excluding steroid dienone is 2. The fourth-order valence-electron chi connectivity index (χ4n) is 6.42. The molecule has 10 atom stereocenters. The molecule has 11 nitrogen and oxygen atoms in total. The van der Waals surface area contributed by atoms with Gasteiger partial charge in [-0.05, 0) is 51.7 Å². The average Bonchev–Trinajstić information content (AvgIpc) is 3.79. The van der Waals surface area contributed by atoms with Crippen LogP contribution in [-0.4, -0.2) is 129 Å². The minimum absolute atomic E-state index is 0.00115. The molecule has 0 aromatic heterocycles. The topological polar surface area (TPSA) is 153 Å². The fourth-order valence-corrected chi connectivity index (χ4v) is 6.42. The van der Waals surface area contributed by atoms with E-state index >= 15 is 0 Å². The zero-order valence-corrected chi connectivity index (χ0v) is 30.1. The molecule has 0 radical (unpaired) electrons. The number of piperazine rings is 1. The number of esters is 1. The van der Waals surface area contributed by atoms with E-state index in [0.29, 0.717) is 18.4 Å². The molecule has 0 aromatic rings. The monoisotopic (exact) mass is 718 g/mol. The number of alkyl halides is 3. The Morgan fingerprint density at radius 1 is 1.22 bits per heavy atom. The third-order valence-electron chi connectivity index (χ3n) is 9.94. The number of aliphatic hydroxyl groups excluding tert-OH is 2. The lowest BCUT2D eigenvalue weighted by molar-refractivity contribution is -0.151. The van der Waals surface area contributed by atoms with Crippen LogP contribution in [0.4, 0.5) is 18.0 Å². The molecule has 0 spiro atoms. The maximum absolute atomic E-state index is 13.2. The van der Waals surface area contributed by atoms with E-state index < -0.39 is 66.2 Å². The van der Waals surface area contributed by atoms with Crippen LogP contribution in [0.25, 0.3) is 0 Å². The first-order valence-electron chi connectivity index (χ1n) is 17.7. The number of epoxide rings is 1. The highest BCUT2D eigenvalue weighted by Crippen LogP contribution is 2.37. The fraction of sp³-hybridized carbons (Fsp3) is 0.778. The Morgan fingerprint density at radius 2 is 1.88 bits per heavy atom. The summed E-state index contributed by atoms with van der Waals surface area (Å²) in [5, 5.41) is 43.1. The number of ether oxygens (including phenoxy) is 3. The number of aliphatic hydroxyl groups is 4. The Kier molecular flexibility index (Phi) is 14.9. The lowest BCUT2D eigenvalue weighted by Crippen LogP contribution is -2.51. The molecule has 50 heavy (non-hydrogen) atoms. The minimum atomic E-state index is -4.26. The summed E-state index contributed by atoms with van der Waals surface area (Å²) in [5.41, 5.74) is -2.18. The number of rotatable bonds is 11. The quantitative estimate of drug-likeness (QED) is 0.105. The maximum atomic E-state index is 13.2. The van der Waals surface area contributed by atoms with Gasteiger partial charge in [0.15, 0.2) is 6.10 Å². The van der Waals surface area contributed by atoms with E-state index in [9.17, 15) is 43.2 Å². The first-order chi connectivity index (χ1) is 23.2. The number of amides is 1. The molecule has 3 aliphatic heterocycles. The molecule has 286 valence electrons. The number of halogens is 3. The van der Waals surface area contributed by atoms with Gasteiger partial charge in [-0.3, -0.25) is 9.69 Å². The average molecular weight is 719 g/mol. The number of nitrogens with zero attached hydrogens (tertiary/aromatic N) is 2. The predicted octanol–water partition coefficient (Wildman–Crippen LogP) is 4.28. The second-order valence-corrected chi connectivity index (χ2v) is 14.7. The van der Waals surface area contributed by atoms with Gasteiger partial charge in [0.1, 0.15) is 11.7 Å². The molecule has 1 amide bonds. The molecule has 4 N–H and O–H groups in total. The smallest absolute Gasteiger partial charge is 0.410 e. The summed E-state index contributed by atoms with van der Waals surface area (Å²) < 4.78 is 55.2. The largest absolute Gasteiger partial charge is 0.457 e. The van der Waals surface area contributed by atoms with Crippen LogP contribution in [0.3, 0.4) is 0 Å². The Balaban J connectivity index is 1.71. The Bertz CT molecular complexity index is 1210. The molecule has 10 unspecified atom stereocenters. The van der Waals surface area contributed by atoms with Crippen molar-refractivity contribution in [3.8, 4) is 0 Å². The van der Waals surface area contributed by atoms with Gasteiger partial charge in [-0.1, -0.05) is 45.1 Å². The zero-order chi connectivity index (χ0) is 37.4. The lowest BCUT2D eigenvalue weighted by Gasteiger charge is -2.37. The molecule has 0 aromatic carbocycles. The van der Waals surface area contributed by atoms with Gasteiger partial charge < -0.3 is 39.5 Å². The zero-order valence-electron chi connectivity index (χ0n) is 30.1. The standard InChI is InChI=1S/C36H57F3N2O9/c1-7-27(43)25(4)32-28(48-32)22-34(5,46)13-8-9-23(2)31-24(3)10-11-29(35(6,47)14-12-26(42)21-30(44)50-31)49-33(45)41-19-17-40(18-20-41)16-15-36(37,38)39/h8-11,13,24-29,31-32,42-43,46-47H,7,12,14-22H2,1-6H3. The number of hydrogen-bond donors (Lipinski definition) is 4. The highest BCUT2D eigenvalue weighted by atomic mass is 19.4. The predicted molar refractivity (Wildman–Crippen MR) is 180 cm³/mol. The maximum Gasteiger partial charge on any atom is 0.410 e. The summed E-state index contributed by atoms with van der Waals surface area (Å²) in [6, 6.07) is 0. The SMILES string of the molecule is CCC(O)C(C)C1OC1CC(C)(O)C=CC=C(C)C1OC(=O)CC(O)CCC(C)(O)C(OC(=O)N2CCN(CCC(F)(F)F)CC2)C=CC1C. The summed E-state index contributed by atoms with van der Waals surface area (Å²) in [4.78, 5) is 29.0. The van der Waals surface area contributed by atoms with Crippen molar-refractivity contribution in [1.29, 1.82) is 0 Å². The summed E-state index contributed by atoms with van der Waals surface area (Å²) in [6.45, 7) is 11.2. The van der Waals surface area contributed by atoms with Crippen LogP contribution >= 0.6 is 0 Å². The van der Waals surface area contributed by atoms with Crippen LogP contribution in [-0.2, 0) is 19.0 Å². The van der Waals surface area contributed by atoms with Crippen molar-refractivity contribution in [1.82, 2.24) is 9.80 Å². The van der Waals surface area contributed by atoms with E-state index in [1.54, 1.807) is 50.0 Å². The number of carbonyl (C=O) groups excluding carboxylic acids is 2. The molecule has 3 heterocycles. The van der Waals surface area contributed by atoms with Crippen molar-refractivity contribution in [3.05, 3.63) is 36.0 Å². The van der Waals surface area contributed by atoms with Crippen molar-refractivity contribution >= 4 is 12.1 Å². The second kappa shape index (κ2) is 17.8. The van der Waals surface area contributed by atoms with Gasteiger partial charge in [-0.15, -0.1) is 0 Å². The number of carbonyl (C=O) groups is 2. The molecule has 3 rings (SSSR count). The minimum Gasteiger partial charge on any atom is -0.457 e. The number of cyclic esters (lactones) is 1. The molecule has 3 aliphatic rings. The summed E-state index contributed by atoms with van der Waals surface area (Å²) in [6.07, 6.45) is -0.818. The van der Waals surface area contributed by atoms with E-state index in [-0.39, 0.29) is 70.1 Å². The lowest BCUT2D eigenvalue weighted by atomic mass is 9.88. The van der Waals surface area contributed by atoms with Gasteiger partial charge in [-0.2, -0.15) is 13.2 Å². The molecular weight excluding hydrogens is 661 g/mol. The van der Waals surface area contributed by atoms with Crippen molar-refractivity contribution in [3.63, 3.8) is 0 Å². The molecule has 0 bridgehead atoms. The van der Waals surface area contributed by atoms with Crippen LogP contribution in [0.1, 0.15) is 80.1 Å². The first-order valence-corrected chi connectivity index (χ1v) is 17.7.